The minimum Gasteiger partial charge on any atom is -0.495 e. The number of anilines is 2. The summed E-state index contributed by atoms with van der Waals surface area (Å²) in [4.78, 5) is 23.1. The van der Waals surface area contributed by atoms with Gasteiger partial charge in [0.15, 0.2) is 0 Å². The molecule has 0 heterocycles. The van der Waals surface area contributed by atoms with Crippen LogP contribution < -0.4 is 9.64 Å². The Labute approximate surface area is 121 Å². The zero-order valence-electron chi connectivity index (χ0n) is 11.6. The molecule has 0 aliphatic heterocycles. The van der Waals surface area contributed by atoms with Gasteiger partial charge in [-0.3, -0.25) is 14.9 Å². The molecule has 0 amide bonds. The van der Waals surface area contributed by atoms with Crippen molar-refractivity contribution in [3.63, 3.8) is 0 Å². The molecule has 21 heavy (non-hydrogen) atoms. The van der Waals surface area contributed by atoms with Crippen molar-refractivity contribution in [2.75, 3.05) is 19.1 Å². The maximum Gasteiger partial charge on any atom is 0.293 e. The average molecular weight is 286 g/mol. The SMILES string of the molecule is COc1ccccc1N(C)c1ccc(C=O)cc1[N+](=O)[O-]. The van der Waals surface area contributed by atoms with Crippen LogP contribution in [0, 0.1) is 10.1 Å². The summed E-state index contributed by atoms with van der Waals surface area (Å²) in [5.41, 5.74) is 1.21. The highest BCUT2D eigenvalue weighted by molar-refractivity contribution is 5.82. The lowest BCUT2D eigenvalue weighted by molar-refractivity contribution is -0.384. The first-order valence-electron chi connectivity index (χ1n) is 6.19. The minimum atomic E-state index is -0.506. The topological polar surface area (TPSA) is 72.7 Å². The number of ether oxygens (including phenoxy) is 1. The minimum absolute atomic E-state index is 0.131. The largest absolute Gasteiger partial charge is 0.495 e. The van der Waals surface area contributed by atoms with Gasteiger partial charge in [0.1, 0.15) is 17.7 Å². The van der Waals surface area contributed by atoms with Crippen LogP contribution in [0.5, 0.6) is 5.75 Å². The van der Waals surface area contributed by atoms with E-state index in [9.17, 15) is 14.9 Å². The van der Waals surface area contributed by atoms with Gasteiger partial charge in [-0.2, -0.15) is 0 Å². The normalized spacial score (nSPS) is 10.0. The molecule has 0 saturated heterocycles. The van der Waals surface area contributed by atoms with E-state index in [0.29, 0.717) is 23.4 Å². The molecule has 0 spiro atoms. The van der Waals surface area contributed by atoms with Crippen molar-refractivity contribution in [3.8, 4) is 5.75 Å². The molecule has 0 aliphatic rings. The number of aldehydes is 1. The second-order valence-corrected chi connectivity index (χ2v) is 4.35. The van der Waals surface area contributed by atoms with Gasteiger partial charge in [-0.05, 0) is 24.3 Å². The number of para-hydroxylation sites is 2. The van der Waals surface area contributed by atoms with E-state index in [-0.39, 0.29) is 11.3 Å². The zero-order chi connectivity index (χ0) is 15.4. The van der Waals surface area contributed by atoms with Gasteiger partial charge in [-0.25, -0.2) is 0 Å². The zero-order valence-corrected chi connectivity index (χ0v) is 11.6. The molecule has 0 fully saturated rings. The Morgan fingerprint density at radius 1 is 1.19 bits per heavy atom. The van der Waals surface area contributed by atoms with Gasteiger partial charge in [0, 0.05) is 18.7 Å². The molecule has 6 heteroatoms. The summed E-state index contributed by atoms with van der Waals surface area (Å²) in [6.07, 6.45) is 0.583. The smallest absolute Gasteiger partial charge is 0.293 e. The number of carbonyl (C=O) groups is 1. The quantitative estimate of drug-likeness (QED) is 0.479. The van der Waals surface area contributed by atoms with Crippen molar-refractivity contribution in [1.29, 1.82) is 0 Å². The molecule has 6 nitrogen and oxygen atoms in total. The Kier molecular flexibility index (Phi) is 4.18. The molecule has 0 aromatic heterocycles. The third-order valence-corrected chi connectivity index (χ3v) is 3.14. The number of carbonyl (C=O) groups excluding carboxylic acids is 1. The molecule has 2 aromatic carbocycles. The van der Waals surface area contributed by atoms with Crippen molar-refractivity contribution >= 4 is 23.3 Å². The standard InChI is InChI=1S/C15H14N2O4/c1-16(13-5-3-4-6-15(13)21-2)12-8-7-11(10-18)9-14(12)17(19)20/h3-10H,1-2H3. The Morgan fingerprint density at radius 2 is 1.90 bits per heavy atom. The molecule has 2 rings (SSSR count). The van der Waals surface area contributed by atoms with Crippen LogP contribution in [0.2, 0.25) is 0 Å². The number of methoxy groups -OCH3 is 1. The van der Waals surface area contributed by atoms with E-state index in [2.05, 4.69) is 0 Å². The van der Waals surface area contributed by atoms with Crippen LogP contribution in [0.15, 0.2) is 42.5 Å². The first-order chi connectivity index (χ1) is 10.1. The van der Waals surface area contributed by atoms with Crippen LogP contribution in [0.3, 0.4) is 0 Å². The molecule has 0 radical (unpaired) electrons. The lowest BCUT2D eigenvalue weighted by Crippen LogP contribution is -2.12. The Bertz CT molecular complexity index is 685. The fourth-order valence-corrected chi connectivity index (χ4v) is 2.08. The number of nitrogens with zero attached hydrogens (tertiary/aromatic N) is 2. The number of hydrogen-bond donors (Lipinski definition) is 0. The second kappa shape index (κ2) is 6.04. The third kappa shape index (κ3) is 2.84. The van der Waals surface area contributed by atoms with Gasteiger partial charge >= 0.3 is 0 Å². The number of nitro groups is 1. The van der Waals surface area contributed by atoms with Crippen molar-refractivity contribution in [3.05, 3.63) is 58.1 Å². The first-order valence-corrected chi connectivity index (χ1v) is 6.19. The monoisotopic (exact) mass is 286 g/mol. The molecule has 0 atom stereocenters. The van der Waals surface area contributed by atoms with Gasteiger partial charge in [-0.1, -0.05) is 12.1 Å². The van der Waals surface area contributed by atoms with Crippen molar-refractivity contribution in [2.45, 2.75) is 0 Å². The summed E-state index contributed by atoms with van der Waals surface area (Å²) in [6, 6.07) is 11.6. The maximum absolute atomic E-state index is 11.2. The fourth-order valence-electron chi connectivity index (χ4n) is 2.08. The van der Waals surface area contributed by atoms with E-state index in [1.165, 1.54) is 13.2 Å². The van der Waals surface area contributed by atoms with Gasteiger partial charge < -0.3 is 9.64 Å². The number of hydrogen-bond acceptors (Lipinski definition) is 5. The summed E-state index contributed by atoms with van der Waals surface area (Å²) >= 11 is 0. The molecule has 0 unspecified atom stereocenters. The van der Waals surface area contributed by atoms with Crippen molar-refractivity contribution in [1.82, 2.24) is 0 Å². The van der Waals surface area contributed by atoms with Crippen LogP contribution in [-0.4, -0.2) is 25.4 Å². The van der Waals surface area contributed by atoms with Crippen molar-refractivity contribution in [2.24, 2.45) is 0 Å². The Hall–Kier alpha value is -2.89. The number of nitro benzene ring substituents is 1. The van der Waals surface area contributed by atoms with Crippen LogP contribution in [0.4, 0.5) is 17.1 Å². The highest BCUT2D eigenvalue weighted by Crippen LogP contribution is 2.37. The van der Waals surface area contributed by atoms with Crippen LogP contribution in [-0.2, 0) is 0 Å². The van der Waals surface area contributed by atoms with E-state index in [4.69, 9.17) is 4.74 Å². The van der Waals surface area contributed by atoms with Crippen molar-refractivity contribution < 1.29 is 14.5 Å². The van der Waals surface area contributed by atoms with Crippen LogP contribution in [0.25, 0.3) is 0 Å². The van der Waals surface area contributed by atoms with E-state index >= 15 is 0 Å². The van der Waals surface area contributed by atoms with E-state index in [1.54, 1.807) is 36.2 Å². The summed E-state index contributed by atoms with van der Waals surface area (Å²) in [5, 5.41) is 11.2. The molecule has 0 saturated carbocycles. The van der Waals surface area contributed by atoms with Gasteiger partial charge in [0.05, 0.1) is 17.7 Å². The summed E-state index contributed by atoms with van der Waals surface area (Å²) in [5.74, 6) is 0.605. The van der Waals surface area contributed by atoms with Gasteiger partial charge in [0.25, 0.3) is 5.69 Å². The van der Waals surface area contributed by atoms with Crippen LogP contribution in [0.1, 0.15) is 10.4 Å². The lowest BCUT2D eigenvalue weighted by atomic mass is 10.1. The Balaban J connectivity index is 2.55. The van der Waals surface area contributed by atoms with E-state index in [0.717, 1.165) is 0 Å². The number of rotatable bonds is 5. The Morgan fingerprint density at radius 3 is 2.52 bits per heavy atom. The summed E-state index contributed by atoms with van der Waals surface area (Å²) < 4.78 is 5.27. The highest BCUT2D eigenvalue weighted by atomic mass is 16.6. The summed E-state index contributed by atoms with van der Waals surface area (Å²) in [7, 11) is 3.25. The molecule has 0 N–H and O–H groups in total. The lowest BCUT2D eigenvalue weighted by Gasteiger charge is -2.21. The second-order valence-electron chi connectivity index (χ2n) is 4.35. The molecular formula is C15H14N2O4. The molecule has 108 valence electrons. The molecule has 2 aromatic rings. The van der Waals surface area contributed by atoms with E-state index in [1.807, 2.05) is 12.1 Å². The molecule has 0 bridgehead atoms. The fraction of sp³-hybridized carbons (Fsp3) is 0.133. The molecular weight excluding hydrogens is 272 g/mol. The predicted molar refractivity (Wildman–Crippen MR) is 79.5 cm³/mol. The maximum atomic E-state index is 11.2. The van der Waals surface area contributed by atoms with Gasteiger partial charge in [0.2, 0.25) is 0 Å². The average Bonchev–Trinajstić information content (AvgIpc) is 2.53. The predicted octanol–water partition coefficient (Wildman–Crippen LogP) is 3.18. The number of benzene rings is 2. The highest BCUT2D eigenvalue weighted by Gasteiger charge is 2.20. The van der Waals surface area contributed by atoms with Gasteiger partial charge in [-0.15, -0.1) is 0 Å². The van der Waals surface area contributed by atoms with Crippen LogP contribution >= 0.6 is 0 Å². The summed E-state index contributed by atoms with van der Waals surface area (Å²) in [6.45, 7) is 0. The molecule has 0 aliphatic carbocycles. The first kappa shape index (κ1) is 14.5. The van der Waals surface area contributed by atoms with E-state index < -0.39 is 4.92 Å². The third-order valence-electron chi connectivity index (χ3n) is 3.14.